The molecule has 1 amide bonds. The molecule has 0 aromatic carbocycles. The van der Waals surface area contributed by atoms with E-state index < -0.39 is 0 Å². The lowest BCUT2D eigenvalue weighted by molar-refractivity contribution is -0.127. The highest BCUT2D eigenvalue weighted by Gasteiger charge is 2.37. The molecule has 1 atom stereocenters. The van der Waals surface area contributed by atoms with Gasteiger partial charge >= 0.3 is 0 Å². The smallest absolute Gasteiger partial charge is 0.245 e. The standard InChI is InChI=1S/C28H36N6O3/c1-4-25(35)33-9-6-21(7-10-33)34-16-20(17-34)22-15-23-27(18(2)30-22)37-19(3)26-24(5-8-29-28(26)31-23)32-11-13-36-14-12-32/h4-5,8,15,19-21H,1,6-7,9-14,16-17H2,2-3H3,(H,29,31)/t19-/m0/s1. The lowest BCUT2D eigenvalue weighted by Gasteiger charge is -2.47. The third-order valence-electron chi connectivity index (χ3n) is 8.23. The van der Waals surface area contributed by atoms with Crippen molar-refractivity contribution in [2.45, 2.75) is 44.8 Å². The van der Waals surface area contributed by atoms with Crippen molar-refractivity contribution in [2.75, 3.05) is 62.7 Å². The molecule has 0 radical (unpaired) electrons. The lowest BCUT2D eigenvalue weighted by Crippen LogP contribution is -2.54. The van der Waals surface area contributed by atoms with Crippen LogP contribution in [0.15, 0.2) is 31.0 Å². The van der Waals surface area contributed by atoms with E-state index in [1.54, 1.807) is 0 Å². The van der Waals surface area contributed by atoms with Crippen LogP contribution in [0.3, 0.4) is 0 Å². The van der Waals surface area contributed by atoms with Gasteiger partial charge in [-0.25, -0.2) is 4.98 Å². The van der Waals surface area contributed by atoms with Crippen molar-refractivity contribution in [1.29, 1.82) is 0 Å². The summed E-state index contributed by atoms with van der Waals surface area (Å²) in [4.78, 5) is 28.4. The van der Waals surface area contributed by atoms with Crippen LogP contribution >= 0.6 is 0 Å². The number of carbonyl (C=O) groups excluding carboxylic acids is 1. The van der Waals surface area contributed by atoms with Gasteiger partial charge in [0.2, 0.25) is 5.91 Å². The maximum absolute atomic E-state index is 11.9. The van der Waals surface area contributed by atoms with E-state index in [4.69, 9.17) is 19.4 Å². The number of nitrogens with one attached hydrogen (secondary N) is 1. The number of ether oxygens (including phenoxy) is 2. The van der Waals surface area contributed by atoms with Gasteiger partial charge < -0.3 is 24.6 Å². The number of nitrogens with zero attached hydrogens (tertiary/aromatic N) is 5. The van der Waals surface area contributed by atoms with E-state index in [2.05, 4.69) is 40.8 Å². The number of piperidine rings is 1. The Morgan fingerprint density at radius 2 is 1.95 bits per heavy atom. The summed E-state index contributed by atoms with van der Waals surface area (Å²) in [7, 11) is 0. The molecule has 9 heteroatoms. The number of anilines is 3. The van der Waals surface area contributed by atoms with E-state index in [0.717, 1.165) is 105 Å². The largest absolute Gasteiger partial charge is 0.482 e. The zero-order valence-corrected chi connectivity index (χ0v) is 21.8. The number of carbonyl (C=O) groups is 1. The van der Waals surface area contributed by atoms with Gasteiger partial charge in [-0.2, -0.15) is 0 Å². The van der Waals surface area contributed by atoms with Crippen molar-refractivity contribution >= 4 is 23.1 Å². The minimum atomic E-state index is -0.153. The van der Waals surface area contributed by atoms with Crippen molar-refractivity contribution in [3.05, 3.63) is 47.9 Å². The van der Waals surface area contributed by atoms with Crippen LogP contribution in [0.4, 0.5) is 17.2 Å². The Kier molecular flexibility index (Phi) is 6.50. The number of pyridine rings is 2. The van der Waals surface area contributed by atoms with Crippen LogP contribution in [0.2, 0.25) is 0 Å². The quantitative estimate of drug-likeness (QED) is 0.635. The molecule has 0 spiro atoms. The second-order valence-corrected chi connectivity index (χ2v) is 10.5. The van der Waals surface area contributed by atoms with E-state index in [0.29, 0.717) is 12.0 Å². The van der Waals surface area contributed by atoms with Gasteiger partial charge in [-0.3, -0.25) is 14.7 Å². The van der Waals surface area contributed by atoms with Crippen molar-refractivity contribution in [1.82, 2.24) is 19.8 Å². The summed E-state index contributed by atoms with van der Waals surface area (Å²) in [6, 6.07) is 4.77. The summed E-state index contributed by atoms with van der Waals surface area (Å²) in [6.45, 7) is 14.5. The molecule has 4 aliphatic rings. The Labute approximate surface area is 218 Å². The Morgan fingerprint density at radius 1 is 1.19 bits per heavy atom. The van der Waals surface area contributed by atoms with Crippen LogP contribution in [-0.4, -0.2) is 84.2 Å². The minimum Gasteiger partial charge on any atom is -0.482 e. The third kappa shape index (κ3) is 4.55. The second kappa shape index (κ2) is 9.95. The molecule has 9 nitrogen and oxygen atoms in total. The van der Waals surface area contributed by atoms with Gasteiger partial charge in [-0.15, -0.1) is 0 Å². The zero-order valence-electron chi connectivity index (χ0n) is 21.8. The molecule has 196 valence electrons. The van der Waals surface area contributed by atoms with Gasteiger partial charge in [0, 0.05) is 68.8 Å². The van der Waals surface area contributed by atoms with E-state index in [9.17, 15) is 4.79 Å². The van der Waals surface area contributed by atoms with Crippen LogP contribution in [0.5, 0.6) is 5.75 Å². The van der Waals surface area contributed by atoms with Gasteiger partial charge in [0.05, 0.1) is 30.2 Å². The highest BCUT2D eigenvalue weighted by molar-refractivity contribution is 5.87. The molecular weight excluding hydrogens is 468 g/mol. The normalized spacial score (nSPS) is 22.7. The van der Waals surface area contributed by atoms with Crippen molar-refractivity contribution in [3.8, 4) is 5.75 Å². The van der Waals surface area contributed by atoms with Crippen LogP contribution in [0, 0.1) is 6.92 Å². The monoisotopic (exact) mass is 504 g/mol. The predicted molar refractivity (Wildman–Crippen MR) is 143 cm³/mol. The fourth-order valence-corrected chi connectivity index (χ4v) is 6.12. The zero-order chi connectivity index (χ0) is 25.5. The molecular formula is C28H36N6O3. The first-order valence-corrected chi connectivity index (χ1v) is 13.4. The minimum absolute atomic E-state index is 0.0433. The predicted octanol–water partition coefficient (Wildman–Crippen LogP) is 3.39. The molecule has 3 saturated heterocycles. The summed E-state index contributed by atoms with van der Waals surface area (Å²) < 4.78 is 12.1. The van der Waals surface area contributed by atoms with Crippen LogP contribution in [0.25, 0.3) is 0 Å². The fourth-order valence-electron chi connectivity index (χ4n) is 6.12. The number of morpholine rings is 1. The second-order valence-electron chi connectivity index (χ2n) is 10.5. The SMILES string of the molecule is C=CC(=O)N1CCC(N2CC(c3cc4c(c(C)n3)O[C@@H](C)c3c(N5CCOCC5)ccnc3N4)C2)CC1. The molecule has 0 bridgehead atoms. The number of aryl methyl sites for hydroxylation is 1. The number of amides is 1. The summed E-state index contributed by atoms with van der Waals surface area (Å²) >= 11 is 0. The van der Waals surface area contributed by atoms with Gasteiger partial charge in [-0.05, 0) is 44.9 Å². The van der Waals surface area contributed by atoms with Crippen molar-refractivity contribution in [2.24, 2.45) is 0 Å². The first-order valence-electron chi connectivity index (χ1n) is 13.4. The molecule has 0 unspecified atom stereocenters. The molecule has 37 heavy (non-hydrogen) atoms. The number of likely N-dealkylation sites (tertiary alicyclic amines) is 2. The maximum Gasteiger partial charge on any atom is 0.245 e. The van der Waals surface area contributed by atoms with Crippen LogP contribution < -0.4 is 15.0 Å². The van der Waals surface area contributed by atoms with E-state index in [1.165, 1.54) is 6.08 Å². The van der Waals surface area contributed by atoms with Gasteiger partial charge in [-0.1, -0.05) is 6.58 Å². The van der Waals surface area contributed by atoms with Gasteiger partial charge in [0.1, 0.15) is 11.9 Å². The van der Waals surface area contributed by atoms with Gasteiger partial charge in [0.25, 0.3) is 0 Å². The Balaban J connectivity index is 1.18. The first-order chi connectivity index (χ1) is 18.0. The highest BCUT2D eigenvalue weighted by Crippen LogP contribution is 2.44. The Hall–Kier alpha value is -3.17. The molecule has 1 N–H and O–H groups in total. The van der Waals surface area contributed by atoms with Gasteiger partial charge in [0.15, 0.2) is 5.75 Å². The fraction of sp³-hybridized carbons (Fsp3) is 0.536. The van der Waals surface area contributed by atoms with Crippen molar-refractivity contribution in [3.63, 3.8) is 0 Å². The van der Waals surface area contributed by atoms with Crippen molar-refractivity contribution < 1.29 is 14.3 Å². The highest BCUT2D eigenvalue weighted by atomic mass is 16.5. The van der Waals surface area contributed by atoms with Crippen LogP contribution in [0.1, 0.15) is 48.7 Å². The number of aromatic nitrogens is 2. The first kappa shape index (κ1) is 24.2. The topological polar surface area (TPSA) is 83.1 Å². The number of hydrogen-bond donors (Lipinski definition) is 1. The molecule has 3 fully saturated rings. The molecule has 6 rings (SSSR count). The third-order valence-corrected chi connectivity index (χ3v) is 8.23. The lowest BCUT2D eigenvalue weighted by atomic mass is 9.90. The number of hydrogen-bond acceptors (Lipinski definition) is 8. The number of rotatable bonds is 4. The maximum atomic E-state index is 11.9. The molecule has 6 heterocycles. The molecule has 0 saturated carbocycles. The van der Waals surface area contributed by atoms with E-state index >= 15 is 0 Å². The average Bonchev–Trinajstić information content (AvgIpc) is 3.04. The summed E-state index contributed by atoms with van der Waals surface area (Å²) in [6.07, 6.45) is 5.18. The summed E-state index contributed by atoms with van der Waals surface area (Å²) in [5.41, 5.74) is 5.18. The molecule has 2 aromatic heterocycles. The average molecular weight is 505 g/mol. The summed E-state index contributed by atoms with van der Waals surface area (Å²) in [5.74, 6) is 2.09. The van der Waals surface area contributed by atoms with E-state index in [1.807, 2.05) is 18.0 Å². The van der Waals surface area contributed by atoms with E-state index in [-0.39, 0.29) is 12.0 Å². The summed E-state index contributed by atoms with van der Waals surface area (Å²) in [5, 5.41) is 3.60. The molecule has 0 aliphatic carbocycles. The molecule has 2 aromatic rings. The number of fused-ring (bicyclic) bond motifs is 2. The Bertz CT molecular complexity index is 1180. The molecule has 4 aliphatic heterocycles. The van der Waals surface area contributed by atoms with Crippen LogP contribution in [-0.2, 0) is 9.53 Å². The Morgan fingerprint density at radius 3 is 2.68 bits per heavy atom.